The predicted octanol–water partition coefficient (Wildman–Crippen LogP) is 3.45. The molecule has 0 bridgehead atoms. The van der Waals surface area contributed by atoms with Gasteiger partial charge in [-0.3, -0.25) is 9.59 Å². The van der Waals surface area contributed by atoms with Gasteiger partial charge in [0.25, 0.3) is 0 Å². The summed E-state index contributed by atoms with van der Waals surface area (Å²) < 4.78 is 0. The standard InChI is InChI=1S/C19H27NO2/c1-11-8-15-19(3,7-5-16(22)20-15)13-4-6-18(2)10-12(21)9-14(18)17(11)13/h8,11,13-14,17H,4-7,9-10H2,1-3H3,(H,20,22)/t11-,13?,14?,17?,18?,19+/m0/s1. The van der Waals surface area contributed by atoms with Gasteiger partial charge in [0.05, 0.1) is 0 Å². The number of piperidine rings is 1. The van der Waals surface area contributed by atoms with Gasteiger partial charge in [-0.2, -0.15) is 0 Å². The molecule has 3 nitrogen and oxygen atoms in total. The van der Waals surface area contributed by atoms with E-state index in [0.717, 1.165) is 19.3 Å². The molecule has 1 aliphatic heterocycles. The molecular formula is C19H27NO2. The molecule has 0 aromatic carbocycles. The van der Waals surface area contributed by atoms with E-state index < -0.39 is 0 Å². The van der Waals surface area contributed by atoms with Crippen molar-refractivity contribution in [3.05, 3.63) is 11.8 Å². The Bertz CT molecular complexity index is 580. The molecule has 4 aliphatic rings. The monoisotopic (exact) mass is 301 g/mol. The van der Waals surface area contributed by atoms with E-state index in [0.29, 0.717) is 35.9 Å². The Labute approximate surface area is 132 Å². The van der Waals surface area contributed by atoms with Gasteiger partial charge in [-0.15, -0.1) is 0 Å². The minimum absolute atomic E-state index is 0.109. The first-order valence-corrected chi connectivity index (χ1v) is 8.87. The van der Waals surface area contributed by atoms with E-state index in [9.17, 15) is 9.59 Å². The molecule has 3 fully saturated rings. The fraction of sp³-hybridized carbons (Fsp3) is 0.789. The second kappa shape index (κ2) is 4.46. The summed E-state index contributed by atoms with van der Waals surface area (Å²) in [5, 5.41) is 3.16. The van der Waals surface area contributed by atoms with Crippen molar-refractivity contribution in [2.75, 3.05) is 0 Å². The van der Waals surface area contributed by atoms with Crippen LogP contribution in [0, 0.1) is 34.5 Å². The SMILES string of the molecule is C[C@H]1C=C2NC(=O)CC[C@]2(C)C2CCC3(C)CC(=O)CC3C21. The summed E-state index contributed by atoms with van der Waals surface area (Å²) in [5.74, 6) is 2.87. The van der Waals surface area contributed by atoms with Gasteiger partial charge in [0.2, 0.25) is 5.91 Å². The Morgan fingerprint density at radius 1 is 1.18 bits per heavy atom. The Morgan fingerprint density at radius 2 is 1.95 bits per heavy atom. The molecule has 6 atom stereocenters. The molecule has 3 aliphatic carbocycles. The van der Waals surface area contributed by atoms with Gasteiger partial charge in [0.1, 0.15) is 5.78 Å². The number of Topliss-reactive ketones (excluding diaryl/α,β-unsaturated/α-hetero) is 1. The average molecular weight is 301 g/mol. The summed E-state index contributed by atoms with van der Waals surface area (Å²) in [6.07, 6.45) is 7.88. The highest BCUT2D eigenvalue weighted by Crippen LogP contribution is 2.64. The predicted molar refractivity (Wildman–Crippen MR) is 84.8 cm³/mol. The molecule has 4 rings (SSSR count). The first kappa shape index (κ1) is 14.5. The largest absolute Gasteiger partial charge is 0.330 e. The fourth-order valence-corrected chi connectivity index (χ4v) is 6.31. The normalized spacial score (nSPS) is 50.6. The van der Waals surface area contributed by atoms with Crippen LogP contribution in [0.1, 0.15) is 59.3 Å². The quantitative estimate of drug-likeness (QED) is 0.745. The van der Waals surface area contributed by atoms with E-state index in [-0.39, 0.29) is 16.7 Å². The van der Waals surface area contributed by atoms with Crippen LogP contribution in [0.3, 0.4) is 0 Å². The molecule has 1 amide bonds. The zero-order chi connectivity index (χ0) is 15.7. The van der Waals surface area contributed by atoms with E-state index in [1.54, 1.807) is 0 Å². The summed E-state index contributed by atoms with van der Waals surface area (Å²) in [6, 6.07) is 0. The van der Waals surface area contributed by atoms with Crippen molar-refractivity contribution >= 4 is 11.7 Å². The molecule has 0 radical (unpaired) electrons. The van der Waals surface area contributed by atoms with Crippen molar-refractivity contribution in [1.29, 1.82) is 0 Å². The van der Waals surface area contributed by atoms with Gasteiger partial charge in [0.15, 0.2) is 0 Å². The smallest absolute Gasteiger partial charge is 0.224 e. The van der Waals surface area contributed by atoms with E-state index in [2.05, 4.69) is 32.2 Å². The van der Waals surface area contributed by atoms with Gasteiger partial charge < -0.3 is 5.32 Å². The highest BCUT2D eigenvalue weighted by atomic mass is 16.1. The summed E-state index contributed by atoms with van der Waals surface area (Å²) in [4.78, 5) is 23.9. The van der Waals surface area contributed by atoms with Crippen LogP contribution in [-0.2, 0) is 9.59 Å². The zero-order valence-electron chi connectivity index (χ0n) is 13.9. The van der Waals surface area contributed by atoms with Crippen molar-refractivity contribution in [2.45, 2.75) is 59.3 Å². The van der Waals surface area contributed by atoms with Crippen molar-refractivity contribution in [2.24, 2.45) is 34.5 Å². The highest BCUT2D eigenvalue weighted by molar-refractivity contribution is 5.82. The number of carbonyl (C=O) groups excluding carboxylic acids is 2. The molecule has 4 unspecified atom stereocenters. The maximum absolute atomic E-state index is 12.1. The summed E-state index contributed by atoms with van der Waals surface area (Å²) in [7, 11) is 0. The van der Waals surface area contributed by atoms with Gasteiger partial charge in [-0.05, 0) is 48.3 Å². The summed E-state index contributed by atoms with van der Waals surface area (Å²) >= 11 is 0. The second-order valence-electron chi connectivity index (χ2n) is 8.81. The highest BCUT2D eigenvalue weighted by Gasteiger charge is 2.59. The molecule has 0 spiro atoms. The molecule has 2 saturated carbocycles. The number of carbonyl (C=O) groups is 2. The third-order valence-corrected chi connectivity index (χ3v) is 7.52. The van der Waals surface area contributed by atoms with E-state index in [1.165, 1.54) is 18.5 Å². The van der Waals surface area contributed by atoms with Crippen LogP contribution < -0.4 is 5.32 Å². The minimum Gasteiger partial charge on any atom is -0.330 e. The maximum atomic E-state index is 12.1. The maximum Gasteiger partial charge on any atom is 0.224 e. The summed E-state index contributed by atoms with van der Waals surface area (Å²) in [6.45, 7) is 6.98. The fourth-order valence-electron chi connectivity index (χ4n) is 6.31. The van der Waals surface area contributed by atoms with E-state index in [4.69, 9.17) is 0 Å². The Hall–Kier alpha value is -1.12. The van der Waals surface area contributed by atoms with Gasteiger partial charge in [-0.25, -0.2) is 0 Å². The van der Waals surface area contributed by atoms with Crippen molar-refractivity contribution < 1.29 is 9.59 Å². The van der Waals surface area contributed by atoms with Crippen LogP contribution in [0.4, 0.5) is 0 Å². The second-order valence-corrected chi connectivity index (χ2v) is 8.81. The number of fused-ring (bicyclic) bond motifs is 5. The van der Waals surface area contributed by atoms with Gasteiger partial charge in [0, 0.05) is 30.4 Å². The van der Waals surface area contributed by atoms with E-state index >= 15 is 0 Å². The van der Waals surface area contributed by atoms with E-state index in [1.807, 2.05) is 0 Å². The number of hydrogen-bond donors (Lipinski definition) is 1. The van der Waals surface area contributed by atoms with Crippen LogP contribution in [0.5, 0.6) is 0 Å². The van der Waals surface area contributed by atoms with Crippen LogP contribution in [-0.4, -0.2) is 11.7 Å². The van der Waals surface area contributed by atoms with Crippen molar-refractivity contribution in [1.82, 2.24) is 5.32 Å². The van der Waals surface area contributed by atoms with Crippen molar-refractivity contribution in [3.8, 4) is 0 Å². The number of nitrogens with one attached hydrogen (secondary N) is 1. The minimum atomic E-state index is 0.109. The lowest BCUT2D eigenvalue weighted by Gasteiger charge is -2.58. The molecule has 1 heterocycles. The van der Waals surface area contributed by atoms with Gasteiger partial charge >= 0.3 is 0 Å². The Kier molecular flexibility index (Phi) is 2.93. The van der Waals surface area contributed by atoms with Gasteiger partial charge in [-0.1, -0.05) is 26.8 Å². The molecule has 1 N–H and O–H groups in total. The third-order valence-electron chi connectivity index (χ3n) is 7.52. The Morgan fingerprint density at radius 3 is 2.73 bits per heavy atom. The Balaban J connectivity index is 1.75. The third kappa shape index (κ3) is 1.80. The lowest BCUT2D eigenvalue weighted by Crippen LogP contribution is -2.54. The van der Waals surface area contributed by atoms with Crippen LogP contribution in [0.25, 0.3) is 0 Å². The summed E-state index contributed by atoms with van der Waals surface area (Å²) in [5.41, 5.74) is 1.51. The number of amides is 1. The van der Waals surface area contributed by atoms with Crippen LogP contribution >= 0.6 is 0 Å². The molecule has 3 heteroatoms. The molecule has 0 aromatic rings. The number of rotatable bonds is 0. The number of hydrogen-bond acceptors (Lipinski definition) is 2. The lowest BCUT2D eigenvalue weighted by atomic mass is 9.48. The van der Waals surface area contributed by atoms with Crippen molar-refractivity contribution in [3.63, 3.8) is 0 Å². The molecule has 1 saturated heterocycles. The topological polar surface area (TPSA) is 46.2 Å². The first-order valence-electron chi connectivity index (χ1n) is 8.87. The molecule has 22 heavy (non-hydrogen) atoms. The zero-order valence-corrected chi connectivity index (χ0v) is 13.9. The molecule has 120 valence electrons. The molecular weight excluding hydrogens is 274 g/mol. The number of allylic oxidation sites excluding steroid dienone is 2. The lowest BCUT2D eigenvalue weighted by molar-refractivity contribution is -0.125. The molecule has 0 aromatic heterocycles. The van der Waals surface area contributed by atoms with Crippen LogP contribution in [0.15, 0.2) is 11.8 Å². The average Bonchev–Trinajstić information content (AvgIpc) is 2.75. The number of ketones is 1. The first-order chi connectivity index (χ1) is 10.3. The van der Waals surface area contributed by atoms with Crippen LogP contribution in [0.2, 0.25) is 0 Å².